The fraction of sp³-hybridized carbons (Fsp3) is 0.696. The Morgan fingerprint density at radius 1 is 1.21 bits per heavy atom. The number of carbonyl (C=O) groups is 1. The maximum absolute atomic E-state index is 12.6. The van der Waals surface area contributed by atoms with E-state index < -0.39 is 5.60 Å². The van der Waals surface area contributed by atoms with Crippen molar-refractivity contribution in [1.29, 1.82) is 0 Å². The van der Waals surface area contributed by atoms with Crippen molar-refractivity contribution in [3.8, 4) is 5.75 Å². The molecular weight excluding hydrogens is 368 g/mol. The fourth-order valence-electron chi connectivity index (χ4n) is 4.67. The minimum atomic E-state index is -0.470. The lowest BCUT2D eigenvalue weighted by atomic mass is 9.94. The minimum Gasteiger partial charge on any atom is -0.490 e. The SMILES string of the molecule is Cc1c2c(cc3c1N(C[C@H]1CCCO1)CCO3)CCN(C(=O)OC(C)(C)C)CC2. The van der Waals surface area contributed by atoms with Crippen molar-refractivity contribution in [3.05, 3.63) is 22.8 Å². The number of benzene rings is 1. The molecule has 0 N–H and O–H groups in total. The number of hydrogen-bond donors (Lipinski definition) is 0. The lowest BCUT2D eigenvalue weighted by molar-refractivity contribution is 0.0258. The van der Waals surface area contributed by atoms with Gasteiger partial charge in [-0.05, 0) is 76.1 Å². The van der Waals surface area contributed by atoms with Gasteiger partial charge in [0.25, 0.3) is 0 Å². The first kappa shape index (κ1) is 20.3. The molecule has 0 aromatic heterocycles. The molecule has 1 aromatic carbocycles. The molecule has 160 valence electrons. The Hall–Kier alpha value is -1.95. The van der Waals surface area contributed by atoms with Gasteiger partial charge in [-0.15, -0.1) is 0 Å². The summed E-state index contributed by atoms with van der Waals surface area (Å²) >= 11 is 0. The summed E-state index contributed by atoms with van der Waals surface area (Å²) in [6.45, 7) is 12.7. The van der Waals surface area contributed by atoms with Crippen LogP contribution in [-0.4, -0.2) is 62.1 Å². The predicted octanol–water partition coefficient (Wildman–Crippen LogP) is 3.71. The van der Waals surface area contributed by atoms with Gasteiger partial charge >= 0.3 is 6.09 Å². The van der Waals surface area contributed by atoms with Crippen LogP contribution in [-0.2, 0) is 22.3 Å². The smallest absolute Gasteiger partial charge is 0.410 e. The van der Waals surface area contributed by atoms with Crippen LogP contribution in [0.3, 0.4) is 0 Å². The molecule has 1 amide bonds. The molecule has 6 heteroatoms. The van der Waals surface area contributed by atoms with Crippen molar-refractivity contribution in [3.63, 3.8) is 0 Å². The zero-order valence-electron chi connectivity index (χ0n) is 18.3. The van der Waals surface area contributed by atoms with Gasteiger partial charge in [-0.2, -0.15) is 0 Å². The highest BCUT2D eigenvalue weighted by molar-refractivity contribution is 5.71. The average Bonchev–Trinajstić information content (AvgIpc) is 3.05. The topological polar surface area (TPSA) is 51.2 Å². The second-order valence-corrected chi connectivity index (χ2v) is 9.38. The number of carbonyl (C=O) groups excluding carboxylic acids is 1. The molecule has 1 fully saturated rings. The van der Waals surface area contributed by atoms with Gasteiger partial charge in [0.15, 0.2) is 0 Å². The third-order valence-corrected chi connectivity index (χ3v) is 6.05. The van der Waals surface area contributed by atoms with E-state index in [1.54, 1.807) is 0 Å². The van der Waals surface area contributed by atoms with E-state index in [0.29, 0.717) is 25.8 Å². The quantitative estimate of drug-likeness (QED) is 0.755. The highest BCUT2D eigenvalue weighted by Gasteiger charge is 2.30. The molecule has 3 aliphatic heterocycles. The van der Waals surface area contributed by atoms with E-state index in [4.69, 9.17) is 14.2 Å². The highest BCUT2D eigenvalue weighted by atomic mass is 16.6. The van der Waals surface area contributed by atoms with Gasteiger partial charge in [0, 0.05) is 26.2 Å². The Bertz CT molecular complexity index is 765. The van der Waals surface area contributed by atoms with Crippen LogP contribution in [0.5, 0.6) is 5.75 Å². The van der Waals surface area contributed by atoms with E-state index >= 15 is 0 Å². The minimum absolute atomic E-state index is 0.219. The zero-order valence-corrected chi connectivity index (χ0v) is 18.3. The number of amides is 1. The monoisotopic (exact) mass is 402 g/mol. The molecule has 6 nitrogen and oxygen atoms in total. The van der Waals surface area contributed by atoms with Gasteiger partial charge in [0.2, 0.25) is 0 Å². The van der Waals surface area contributed by atoms with E-state index in [1.807, 2.05) is 25.7 Å². The average molecular weight is 403 g/mol. The van der Waals surface area contributed by atoms with E-state index in [-0.39, 0.29) is 6.09 Å². The largest absolute Gasteiger partial charge is 0.490 e. The lowest BCUT2D eigenvalue weighted by Gasteiger charge is -2.35. The van der Waals surface area contributed by atoms with E-state index in [9.17, 15) is 4.79 Å². The summed E-state index contributed by atoms with van der Waals surface area (Å²) in [7, 11) is 0. The Balaban J connectivity index is 1.55. The molecule has 0 radical (unpaired) electrons. The van der Waals surface area contributed by atoms with E-state index in [2.05, 4.69) is 17.9 Å². The van der Waals surface area contributed by atoms with Gasteiger partial charge in [-0.3, -0.25) is 0 Å². The number of ether oxygens (including phenoxy) is 3. The third kappa shape index (κ3) is 4.47. The summed E-state index contributed by atoms with van der Waals surface area (Å²) in [4.78, 5) is 16.8. The predicted molar refractivity (Wildman–Crippen MR) is 113 cm³/mol. The maximum Gasteiger partial charge on any atom is 0.410 e. The number of nitrogens with zero attached hydrogens (tertiary/aromatic N) is 2. The second kappa shape index (κ2) is 8.05. The van der Waals surface area contributed by atoms with Crippen LogP contribution in [0.25, 0.3) is 0 Å². The molecule has 0 bridgehead atoms. The van der Waals surface area contributed by atoms with Crippen LogP contribution in [0.4, 0.5) is 10.5 Å². The number of hydrogen-bond acceptors (Lipinski definition) is 5. The summed E-state index contributed by atoms with van der Waals surface area (Å²) < 4.78 is 17.5. The molecule has 1 aromatic rings. The van der Waals surface area contributed by atoms with Crippen molar-refractivity contribution in [1.82, 2.24) is 4.90 Å². The summed E-state index contributed by atoms with van der Waals surface area (Å²) in [5.74, 6) is 0.983. The van der Waals surface area contributed by atoms with Crippen molar-refractivity contribution in [2.75, 3.05) is 44.3 Å². The summed E-state index contributed by atoms with van der Waals surface area (Å²) in [6, 6.07) is 2.21. The molecule has 0 spiro atoms. The van der Waals surface area contributed by atoms with Crippen molar-refractivity contribution >= 4 is 11.8 Å². The zero-order chi connectivity index (χ0) is 20.6. The molecule has 0 aliphatic carbocycles. The normalized spacial score (nSPS) is 21.9. The van der Waals surface area contributed by atoms with Crippen molar-refractivity contribution in [2.45, 2.75) is 65.1 Å². The van der Waals surface area contributed by atoms with Crippen LogP contribution in [0.1, 0.15) is 50.3 Å². The first-order valence-electron chi connectivity index (χ1n) is 10.9. The highest BCUT2D eigenvalue weighted by Crippen LogP contribution is 2.40. The Morgan fingerprint density at radius 2 is 2.00 bits per heavy atom. The molecule has 1 atom stereocenters. The summed E-state index contributed by atoms with van der Waals surface area (Å²) in [5.41, 5.74) is 4.70. The lowest BCUT2D eigenvalue weighted by Crippen LogP contribution is -2.39. The summed E-state index contributed by atoms with van der Waals surface area (Å²) in [5, 5.41) is 0. The van der Waals surface area contributed by atoms with Crippen molar-refractivity contribution < 1.29 is 19.0 Å². The Labute approximate surface area is 174 Å². The first-order chi connectivity index (χ1) is 13.8. The number of anilines is 1. The van der Waals surface area contributed by atoms with Gasteiger partial charge in [0.1, 0.15) is 18.0 Å². The molecule has 1 saturated heterocycles. The van der Waals surface area contributed by atoms with Crippen LogP contribution in [0, 0.1) is 6.92 Å². The first-order valence-corrected chi connectivity index (χ1v) is 10.9. The van der Waals surface area contributed by atoms with Crippen LogP contribution in [0.2, 0.25) is 0 Å². The van der Waals surface area contributed by atoms with Gasteiger partial charge < -0.3 is 24.0 Å². The van der Waals surface area contributed by atoms with Crippen LogP contribution in [0.15, 0.2) is 6.07 Å². The maximum atomic E-state index is 12.6. The van der Waals surface area contributed by atoms with Crippen LogP contribution >= 0.6 is 0 Å². The van der Waals surface area contributed by atoms with Crippen LogP contribution < -0.4 is 9.64 Å². The Morgan fingerprint density at radius 3 is 2.72 bits per heavy atom. The second-order valence-electron chi connectivity index (χ2n) is 9.38. The molecule has 4 rings (SSSR count). The van der Waals surface area contributed by atoms with Crippen molar-refractivity contribution in [2.24, 2.45) is 0 Å². The van der Waals surface area contributed by atoms with Gasteiger partial charge in [0.05, 0.1) is 18.3 Å². The molecule has 29 heavy (non-hydrogen) atoms. The van der Waals surface area contributed by atoms with Gasteiger partial charge in [-0.1, -0.05) is 0 Å². The molecule has 3 heterocycles. The summed E-state index contributed by atoms with van der Waals surface area (Å²) in [6.07, 6.45) is 4.08. The Kier molecular flexibility index (Phi) is 5.65. The standard InChI is InChI=1S/C23H34N2O4/c1-16-19-8-10-24(22(26)29-23(2,3)4)9-7-17(19)14-20-21(16)25(11-13-28-20)15-18-6-5-12-27-18/h14,18H,5-13,15H2,1-4H3/t18-/m1/s1. The van der Waals surface area contributed by atoms with Gasteiger partial charge in [-0.25, -0.2) is 4.79 Å². The molecule has 0 saturated carbocycles. The molecule has 3 aliphatic rings. The third-order valence-electron chi connectivity index (χ3n) is 6.05. The van der Waals surface area contributed by atoms with E-state index in [0.717, 1.165) is 51.1 Å². The molecule has 0 unspecified atom stereocenters. The molecular formula is C23H34N2O4. The fourth-order valence-corrected chi connectivity index (χ4v) is 4.67. The number of fused-ring (bicyclic) bond motifs is 2. The van der Waals surface area contributed by atoms with E-state index in [1.165, 1.54) is 22.4 Å². The number of rotatable bonds is 2.